The van der Waals surface area contributed by atoms with Gasteiger partial charge >= 0.3 is 0 Å². The summed E-state index contributed by atoms with van der Waals surface area (Å²) in [5.41, 5.74) is 0. The molecule has 0 saturated heterocycles. The van der Waals surface area contributed by atoms with Crippen LogP contribution in [0.4, 0.5) is 4.39 Å². The monoisotopic (exact) mass is 270 g/mol. The molecule has 1 heterocycles. The van der Waals surface area contributed by atoms with Gasteiger partial charge < -0.3 is 4.74 Å². The lowest BCUT2D eigenvalue weighted by Crippen LogP contribution is -2.10. The molecule has 2 aromatic rings. The standard InChI is InChI=1S/C12H8ClFO2S/c13-8-3-1-4-10(12(8)14)16-7-9(15)11-5-2-6-17-11/h1-6H,7H2. The summed E-state index contributed by atoms with van der Waals surface area (Å²) in [7, 11) is 0. The number of hydrogen-bond acceptors (Lipinski definition) is 3. The summed E-state index contributed by atoms with van der Waals surface area (Å²) in [6.45, 7) is -0.197. The SMILES string of the molecule is O=C(COc1cccc(Cl)c1F)c1cccs1. The molecule has 1 aromatic heterocycles. The molecular formula is C12H8ClFO2S. The fourth-order valence-electron chi connectivity index (χ4n) is 1.25. The molecule has 0 spiro atoms. The summed E-state index contributed by atoms with van der Waals surface area (Å²) < 4.78 is 18.5. The van der Waals surface area contributed by atoms with Crippen molar-refractivity contribution in [2.45, 2.75) is 0 Å². The van der Waals surface area contributed by atoms with Crippen molar-refractivity contribution in [1.82, 2.24) is 0 Å². The molecule has 0 aliphatic heterocycles. The van der Waals surface area contributed by atoms with Crippen LogP contribution in [0, 0.1) is 5.82 Å². The van der Waals surface area contributed by atoms with Gasteiger partial charge in [-0.1, -0.05) is 23.7 Å². The lowest BCUT2D eigenvalue weighted by atomic mass is 10.3. The number of Topliss-reactive ketones (excluding diaryl/α,β-unsaturated/α-hetero) is 1. The van der Waals surface area contributed by atoms with Gasteiger partial charge in [0.25, 0.3) is 0 Å². The van der Waals surface area contributed by atoms with E-state index in [1.165, 1.54) is 23.5 Å². The largest absolute Gasteiger partial charge is 0.482 e. The number of hydrogen-bond donors (Lipinski definition) is 0. The number of ether oxygens (including phenoxy) is 1. The van der Waals surface area contributed by atoms with E-state index in [2.05, 4.69) is 0 Å². The Morgan fingerprint density at radius 2 is 2.18 bits per heavy atom. The van der Waals surface area contributed by atoms with E-state index >= 15 is 0 Å². The van der Waals surface area contributed by atoms with Crippen molar-refractivity contribution < 1.29 is 13.9 Å². The van der Waals surface area contributed by atoms with Gasteiger partial charge in [-0.2, -0.15) is 0 Å². The molecule has 5 heteroatoms. The van der Waals surface area contributed by atoms with E-state index in [1.54, 1.807) is 23.6 Å². The summed E-state index contributed by atoms with van der Waals surface area (Å²) in [6.07, 6.45) is 0. The Morgan fingerprint density at radius 1 is 1.35 bits per heavy atom. The number of benzene rings is 1. The molecule has 0 aliphatic rings. The van der Waals surface area contributed by atoms with E-state index in [0.717, 1.165) is 0 Å². The van der Waals surface area contributed by atoms with Gasteiger partial charge in [-0.15, -0.1) is 11.3 Å². The minimum atomic E-state index is -0.645. The summed E-state index contributed by atoms with van der Waals surface area (Å²) in [5.74, 6) is -0.838. The Bertz CT molecular complexity index is 525. The maximum Gasteiger partial charge on any atom is 0.210 e. The van der Waals surface area contributed by atoms with Crippen LogP contribution in [0.3, 0.4) is 0 Å². The molecule has 0 bridgehead atoms. The quantitative estimate of drug-likeness (QED) is 0.790. The first kappa shape index (κ1) is 12.1. The van der Waals surface area contributed by atoms with Crippen molar-refractivity contribution in [3.8, 4) is 5.75 Å². The van der Waals surface area contributed by atoms with Crippen LogP contribution in [0.2, 0.25) is 5.02 Å². The fourth-order valence-corrected chi connectivity index (χ4v) is 2.06. The van der Waals surface area contributed by atoms with Gasteiger partial charge in [-0.3, -0.25) is 4.79 Å². The smallest absolute Gasteiger partial charge is 0.210 e. The van der Waals surface area contributed by atoms with Gasteiger partial charge in [0.1, 0.15) is 0 Å². The van der Waals surface area contributed by atoms with E-state index in [4.69, 9.17) is 16.3 Å². The number of carbonyl (C=O) groups excluding carboxylic acids is 1. The molecule has 0 unspecified atom stereocenters. The molecule has 1 aromatic carbocycles. The Balaban J connectivity index is 2.03. The average molecular weight is 271 g/mol. The van der Waals surface area contributed by atoms with E-state index < -0.39 is 5.82 Å². The van der Waals surface area contributed by atoms with Crippen LogP contribution in [0.1, 0.15) is 9.67 Å². The van der Waals surface area contributed by atoms with Crippen LogP contribution in [0.15, 0.2) is 35.7 Å². The molecule has 0 N–H and O–H groups in total. The highest BCUT2D eigenvalue weighted by molar-refractivity contribution is 7.12. The summed E-state index contributed by atoms with van der Waals surface area (Å²) >= 11 is 6.91. The lowest BCUT2D eigenvalue weighted by Gasteiger charge is -2.06. The first-order chi connectivity index (χ1) is 8.18. The Morgan fingerprint density at radius 3 is 2.88 bits per heavy atom. The summed E-state index contributed by atoms with van der Waals surface area (Å²) in [4.78, 5) is 12.2. The highest BCUT2D eigenvalue weighted by Crippen LogP contribution is 2.24. The third-order valence-electron chi connectivity index (χ3n) is 2.07. The average Bonchev–Trinajstić information content (AvgIpc) is 2.84. The van der Waals surface area contributed by atoms with Crippen LogP contribution in [-0.2, 0) is 0 Å². The Labute approximate surface area is 107 Å². The zero-order valence-corrected chi connectivity index (χ0v) is 10.2. The third kappa shape index (κ3) is 2.84. The van der Waals surface area contributed by atoms with Gasteiger partial charge in [0.15, 0.2) is 18.2 Å². The zero-order valence-electron chi connectivity index (χ0n) is 8.65. The van der Waals surface area contributed by atoms with Gasteiger partial charge in [-0.25, -0.2) is 4.39 Å². The van der Waals surface area contributed by atoms with Gasteiger partial charge in [0.05, 0.1) is 9.90 Å². The van der Waals surface area contributed by atoms with Crippen molar-refractivity contribution in [1.29, 1.82) is 0 Å². The minimum Gasteiger partial charge on any atom is -0.482 e. The van der Waals surface area contributed by atoms with Gasteiger partial charge in [0, 0.05) is 0 Å². The van der Waals surface area contributed by atoms with Crippen molar-refractivity contribution >= 4 is 28.7 Å². The minimum absolute atomic E-state index is 0.0117. The molecule has 17 heavy (non-hydrogen) atoms. The van der Waals surface area contributed by atoms with Crippen LogP contribution >= 0.6 is 22.9 Å². The molecule has 2 nitrogen and oxygen atoms in total. The molecule has 0 aliphatic carbocycles. The second-order valence-corrected chi connectivity index (χ2v) is 4.60. The van der Waals surface area contributed by atoms with Crippen molar-refractivity contribution in [2.75, 3.05) is 6.61 Å². The van der Waals surface area contributed by atoms with Crippen LogP contribution in [0.5, 0.6) is 5.75 Å². The van der Waals surface area contributed by atoms with Gasteiger partial charge in [0.2, 0.25) is 5.78 Å². The van der Waals surface area contributed by atoms with E-state index in [0.29, 0.717) is 4.88 Å². The third-order valence-corrected chi connectivity index (χ3v) is 3.27. The zero-order chi connectivity index (χ0) is 12.3. The highest BCUT2D eigenvalue weighted by Gasteiger charge is 2.11. The maximum atomic E-state index is 13.4. The molecule has 0 fully saturated rings. The maximum absolute atomic E-state index is 13.4. The topological polar surface area (TPSA) is 26.3 Å². The first-order valence-electron chi connectivity index (χ1n) is 4.82. The Hall–Kier alpha value is -1.39. The van der Waals surface area contributed by atoms with Crippen molar-refractivity contribution in [2.24, 2.45) is 0 Å². The van der Waals surface area contributed by atoms with Crippen LogP contribution < -0.4 is 4.74 Å². The van der Waals surface area contributed by atoms with E-state index in [1.807, 2.05) is 0 Å². The van der Waals surface area contributed by atoms with Crippen LogP contribution in [-0.4, -0.2) is 12.4 Å². The molecule has 2 rings (SSSR count). The fraction of sp³-hybridized carbons (Fsp3) is 0.0833. The predicted molar refractivity (Wildman–Crippen MR) is 65.6 cm³/mol. The lowest BCUT2D eigenvalue weighted by molar-refractivity contribution is 0.0923. The van der Waals surface area contributed by atoms with Crippen LogP contribution in [0.25, 0.3) is 0 Å². The Kier molecular flexibility index (Phi) is 3.76. The highest BCUT2D eigenvalue weighted by atomic mass is 35.5. The normalized spacial score (nSPS) is 10.2. The number of carbonyl (C=O) groups is 1. The molecule has 88 valence electrons. The van der Waals surface area contributed by atoms with Gasteiger partial charge in [-0.05, 0) is 23.6 Å². The molecular weight excluding hydrogens is 263 g/mol. The molecule has 0 radical (unpaired) electrons. The summed E-state index contributed by atoms with van der Waals surface area (Å²) in [5, 5.41) is 1.78. The van der Waals surface area contributed by atoms with Crippen molar-refractivity contribution in [3.63, 3.8) is 0 Å². The molecule has 0 amide bonds. The first-order valence-corrected chi connectivity index (χ1v) is 6.08. The summed E-state index contributed by atoms with van der Waals surface area (Å²) in [6, 6.07) is 7.90. The number of thiophene rings is 1. The van der Waals surface area contributed by atoms with E-state index in [-0.39, 0.29) is 23.2 Å². The van der Waals surface area contributed by atoms with E-state index in [9.17, 15) is 9.18 Å². The molecule has 0 atom stereocenters. The number of ketones is 1. The predicted octanol–water partition coefficient (Wildman–Crippen LogP) is 3.80. The second-order valence-electron chi connectivity index (χ2n) is 3.24. The van der Waals surface area contributed by atoms with Crippen molar-refractivity contribution in [3.05, 3.63) is 51.4 Å². The second kappa shape index (κ2) is 5.29. The molecule has 0 saturated carbocycles. The number of rotatable bonds is 4. The number of halogens is 2.